The van der Waals surface area contributed by atoms with Gasteiger partial charge in [0, 0.05) is 31.8 Å². The number of benzene rings is 1. The number of nitrogens with one attached hydrogen (secondary N) is 1. The third-order valence-corrected chi connectivity index (χ3v) is 3.44. The molecule has 0 spiro atoms. The van der Waals surface area contributed by atoms with Crippen LogP contribution < -0.4 is 14.8 Å². The van der Waals surface area contributed by atoms with E-state index < -0.39 is 0 Å². The fourth-order valence-corrected chi connectivity index (χ4v) is 2.11. The molecule has 124 valence electrons. The second kappa shape index (κ2) is 9.92. The third kappa shape index (κ3) is 5.47. The van der Waals surface area contributed by atoms with Crippen LogP contribution in [0.3, 0.4) is 0 Å². The molecule has 0 heterocycles. The molecule has 0 saturated carbocycles. The lowest BCUT2D eigenvalue weighted by molar-refractivity contribution is 0.391. The highest BCUT2D eigenvalue weighted by molar-refractivity contribution is 5.79. The van der Waals surface area contributed by atoms with Gasteiger partial charge in [-0.2, -0.15) is 0 Å². The monoisotopic (exact) mass is 307 g/mol. The zero-order valence-electron chi connectivity index (χ0n) is 14.5. The van der Waals surface area contributed by atoms with Gasteiger partial charge in [0.15, 0.2) is 5.96 Å². The summed E-state index contributed by atoms with van der Waals surface area (Å²) < 4.78 is 10.6. The molecule has 0 saturated heterocycles. The minimum Gasteiger partial charge on any atom is -0.497 e. The molecule has 0 fully saturated rings. The number of nitrogens with zero attached hydrogens (tertiary/aromatic N) is 2. The molecule has 0 aliphatic carbocycles. The van der Waals surface area contributed by atoms with Crippen LogP contribution in [0.1, 0.15) is 32.3 Å². The minimum absolute atomic E-state index is 0.575. The van der Waals surface area contributed by atoms with Crippen molar-refractivity contribution in [3.05, 3.63) is 23.8 Å². The van der Waals surface area contributed by atoms with E-state index in [0.29, 0.717) is 6.54 Å². The molecule has 0 aliphatic rings. The van der Waals surface area contributed by atoms with Gasteiger partial charge in [-0.15, -0.1) is 0 Å². The first-order chi connectivity index (χ1) is 10.7. The largest absolute Gasteiger partial charge is 0.497 e. The number of rotatable bonds is 8. The standard InChI is InChI=1S/C17H29N3O2/c1-6-8-11-20(3)17(18-7-2)19-13-14-9-10-15(21-4)12-16(14)22-5/h9-10,12H,6-8,11,13H2,1-5H3,(H,18,19). The van der Waals surface area contributed by atoms with Gasteiger partial charge in [-0.1, -0.05) is 13.3 Å². The Morgan fingerprint density at radius 3 is 2.59 bits per heavy atom. The van der Waals surface area contributed by atoms with Crippen molar-refractivity contribution in [2.75, 3.05) is 34.4 Å². The third-order valence-electron chi connectivity index (χ3n) is 3.44. The maximum absolute atomic E-state index is 5.42. The summed E-state index contributed by atoms with van der Waals surface area (Å²) in [6, 6.07) is 5.82. The first-order valence-electron chi connectivity index (χ1n) is 7.86. The highest BCUT2D eigenvalue weighted by Crippen LogP contribution is 2.25. The van der Waals surface area contributed by atoms with Crippen molar-refractivity contribution in [3.8, 4) is 11.5 Å². The molecule has 0 aromatic heterocycles. The van der Waals surface area contributed by atoms with E-state index in [1.165, 1.54) is 6.42 Å². The summed E-state index contributed by atoms with van der Waals surface area (Å²) in [7, 11) is 5.39. The lowest BCUT2D eigenvalue weighted by Gasteiger charge is -2.22. The zero-order valence-corrected chi connectivity index (χ0v) is 14.5. The second-order valence-corrected chi connectivity index (χ2v) is 5.12. The van der Waals surface area contributed by atoms with Crippen LogP contribution in [-0.4, -0.2) is 45.2 Å². The molecule has 0 atom stereocenters. The van der Waals surface area contributed by atoms with Crippen LogP contribution in [0.25, 0.3) is 0 Å². The fourth-order valence-electron chi connectivity index (χ4n) is 2.11. The van der Waals surface area contributed by atoms with Crippen LogP contribution in [0, 0.1) is 0 Å². The topological polar surface area (TPSA) is 46.1 Å². The lowest BCUT2D eigenvalue weighted by atomic mass is 10.2. The molecule has 1 aromatic rings. The number of unbranched alkanes of at least 4 members (excludes halogenated alkanes) is 1. The van der Waals surface area contributed by atoms with Crippen LogP contribution in [0.5, 0.6) is 11.5 Å². The predicted octanol–water partition coefficient (Wildman–Crippen LogP) is 2.90. The van der Waals surface area contributed by atoms with Crippen molar-refractivity contribution in [3.63, 3.8) is 0 Å². The van der Waals surface area contributed by atoms with Crippen molar-refractivity contribution in [2.24, 2.45) is 4.99 Å². The summed E-state index contributed by atoms with van der Waals surface area (Å²) >= 11 is 0. The number of hydrogen-bond donors (Lipinski definition) is 1. The summed E-state index contributed by atoms with van der Waals surface area (Å²) in [5.74, 6) is 2.51. The van der Waals surface area contributed by atoms with Crippen LogP contribution in [0.4, 0.5) is 0 Å². The lowest BCUT2D eigenvalue weighted by Crippen LogP contribution is -2.39. The maximum atomic E-state index is 5.42. The van der Waals surface area contributed by atoms with E-state index in [1.54, 1.807) is 14.2 Å². The Morgan fingerprint density at radius 2 is 2.00 bits per heavy atom. The van der Waals surface area contributed by atoms with Crippen LogP contribution in [0.2, 0.25) is 0 Å². The van der Waals surface area contributed by atoms with Crippen LogP contribution in [-0.2, 0) is 6.54 Å². The van der Waals surface area contributed by atoms with Crippen molar-refractivity contribution in [2.45, 2.75) is 33.2 Å². The van der Waals surface area contributed by atoms with Gasteiger partial charge in [0.05, 0.1) is 20.8 Å². The van der Waals surface area contributed by atoms with Gasteiger partial charge < -0.3 is 19.7 Å². The highest BCUT2D eigenvalue weighted by Gasteiger charge is 2.07. The average Bonchev–Trinajstić information content (AvgIpc) is 2.56. The number of ether oxygens (including phenoxy) is 2. The molecule has 0 bridgehead atoms. The Hall–Kier alpha value is -1.91. The molecule has 22 heavy (non-hydrogen) atoms. The molecule has 5 heteroatoms. The Morgan fingerprint density at radius 1 is 1.23 bits per heavy atom. The Kier molecular flexibility index (Phi) is 8.18. The molecule has 5 nitrogen and oxygen atoms in total. The molecule has 0 unspecified atom stereocenters. The molecule has 1 aromatic carbocycles. The molecular formula is C17H29N3O2. The SMILES string of the molecule is CCCCN(C)C(=NCc1ccc(OC)cc1OC)NCC. The second-order valence-electron chi connectivity index (χ2n) is 5.12. The van der Waals surface area contributed by atoms with Gasteiger partial charge in [0.25, 0.3) is 0 Å². The van der Waals surface area contributed by atoms with E-state index in [-0.39, 0.29) is 0 Å². The summed E-state index contributed by atoms with van der Waals surface area (Å²) in [6.45, 7) is 6.71. The number of hydrogen-bond acceptors (Lipinski definition) is 3. The molecule has 0 amide bonds. The van der Waals surface area contributed by atoms with Crippen molar-refractivity contribution < 1.29 is 9.47 Å². The van der Waals surface area contributed by atoms with Gasteiger partial charge in [-0.25, -0.2) is 4.99 Å². The Bertz CT molecular complexity index is 475. The molecule has 1 N–H and O–H groups in total. The Labute approximate surface area is 134 Å². The summed E-state index contributed by atoms with van der Waals surface area (Å²) in [6.07, 6.45) is 2.34. The zero-order chi connectivity index (χ0) is 16.4. The van der Waals surface area contributed by atoms with Gasteiger partial charge in [0.1, 0.15) is 11.5 Å². The molecule has 1 rings (SSSR count). The summed E-state index contributed by atoms with van der Waals surface area (Å²) in [5.41, 5.74) is 1.04. The molecule has 0 aliphatic heterocycles. The van der Waals surface area contributed by atoms with E-state index in [0.717, 1.165) is 42.5 Å². The van der Waals surface area contributed by atoms with Crippen molar-refractivity contribution in [1.29, 1.82) is 0 Å². The van der Waals surface area contributed by atoms with Crippen molar-refractivity contribution >= 4 is 5.96 Å². The predicted molar refractivity (Wildman–Crippen MR) is 91.9 cm³/mol. The van der Waals surface area contributed by atoms with Gasteiger partial charge >= 0.3 is 0 Å². The van der Waals surface area contributed by atoms with Crippen LogP contribution in [0.15, 0.2) is 23.2 Å². The number of aliphatic imine (C=N–C) groups is 1. The highest BCUT2D eigenvalue weighted by atomic mass is 16.5. The fraction of sp³-hybridized carbons (Fsp3) is 0.588. The quantitative estimate of drug-likeness (QED) is 0.592. The first-order valence-corrected chi connectivity index (χ1v) is 7.86. The molecular weight excluding hydrogens is 278 g/mol. The number of methoxy groups -OCH3 is 2. The normalized spacial score (nSPS) is 11.2. The van der Waals surface area contributed by atoms with E-state index in [1.807, 2.05) is 18.2 Å². The van der Waals surface area contributed by atoms with E-state index >= 15 is 0 Å². The smallest absolute Gasteiger partial charge is 0.193 e. The Balaban J connectivity index is 2.85. The van der Waals surface area contributed by atoms with Crippen molar-refractivity contribution in [1.82, 2.24) is 10.2 Å². The first kappa shape index (κ1) is 18.1. The van der Waals surface area contributed by atoms with Gasteiger partial charge in [0.2, 0.25) is 0 Å². The summed E-state index contributed by atoms with van der Waals surface area (Å²) in [4.78, 5) is 6.88. The molecule has 0 radical (unpaired) electrons. The van der Waals surface area contributed by atoms with E-state index in [2.05, 4.69) is 31.1 Å². The van der Waals surface area contributed by atoms with Gasteiger partial charge in [-0.05, 0) is 25.5 Å². The van der Waals surface area contributed by atoms with E-state index in [9.17, 15) is 0 Å². The van der Waals surface area contributed by atoms with Crippen LogP contribution >= 0.6 is 0 Å². The summed E-state index contributed by atoms with van der Waals surface area (Å²) in [5, 5.41) is 3.33. The van der Waals surface area contributed by atoms with Gasteiger partial charge in [-0.3, -0.25) is 0 Å². The maximum Gasteiger partial charge on any atom is 0.193 e. The average molecular weight is 307 g/mol. The van der Waals surface area contributed by atoms with E-state index in [4.69, 9.17) is 14.5 Å². The minimum atomic E-state index is 0.575. The number of guanidine groups is 1.